The molecule has 1 atom stereocenters. The fourth-order valence-electron chi connectivity index (χ4n) is 2.06. The van der Waals surface area contributed by atoms with E-state index >= 15 is 0 Å². The molecule has 19 heavy (non-hydrogen) atoms. The lowest BCUT2D eigenvalue weighted by Crippen LogP contribution is -2.31. The normalized spacial score (nSPS) is 18.5. The zero-order valence-electron chi connectivity index (χ0n) is 10.2. The highest BCUT2D eigenvalue weighted by atomic mass is 19.2. The van der Waals surface area contributed by atoms with E-state index in [1.165, 1.54) is 12.0 Å². The zero-order chi connectivity index (χ0) is 14.0. The number of hydrogen-bond donors (Lipinski definition) is 0. The fraction of sp³-hybridized carbons (Fsp3) is 0.417. The molecule has 0 aromatic carbocycles. The van der Waals surface area contributed by atoms with Crippen LogP contribution in [0, 0.1) is 17.7 Å². The highest BCUT2D eigenvalue weighted by molar-refractivity contribution is 5.95. The van der Waals surface area contributed by atoms with Crippen LogP contribution in [-0.2, 0) is 9.53 Å². The summed E-state index contributed by atoms with van der Waals surface area (Å²) in [6.07, 6.45) is 1.48. The second kappa shape index (κ2) is 5.29. The molecule has 1 aliphatic rings. The van der Waals surface area contributed by atoms with Crippen LogP contribution in [-0.4, -0.2) is 42.0 Å². The van der Waals surface area contributed by atoms with Crippen LogP contribution in [0.15, 0.2) is 12.3 Å². The van der Waals surface area contributed by atoms with E-state index in [9.17, 15) is 18.4 Å². The smallest absolute Gasteiger partial charge is 0.310 e. The van der Waals surface area contributed by atoms with Gasteiger partial charge < -0.3 is 9.64 Å². The number of carbonyl (C=O) groups excluding carboxylic acids is 2. The molecule has 1 saturated heterocycles. The van der Waals surface area contributed by atoms with Crippen molar-refractivity contribution in [3.63, 3.8) is 0 Å². The highest BCUT2D eigenvalue weighted by Gasteiger charge is 2.33. The van der Waals surface area contributed by atoms with Gasteiger partial charge in [-0.2, -0.15) is 4.39 Å². The second-order valence-electron chi connectivity index (χ2n) is 4.22. The van der Waals surface area contributed by atoms with E-state index in [1.54, 1.807) is 0 Å². The van der Waals surface area contributed by atoms with Crippen LogP contribution in [0.5, 0.6) is 0 Å². The first kappa shape index (κ1) is 13.4. The summed E-state index contributed by atoms with van der Waals surface area (Å²) in [6.45, 7) is 0.455. The summed E-state index contributed by atoms with van der Waals surface area (Å²) in [4.78, 5) is 27.8. The monoisotopic (exact) mass is 270 g/mol. The second-order valence-corrected chi connectivity index (χ2v) is 4.22. The lowest BCUT2D eigenvalue weighted by molar-refractivity contribution is -0.144. The number of pyridine rings is 1. The van der Waals surface area contributed by atoms with Crippen LogP contribution in [0.1, 0.15) is 16.8 Å². The molecule has 1 aromatic heterocycles. The Morgan fingerprint density at radius 1 is 1.47 bits per heavy atom. The molecule has 1 amide bonds. The predicted molar refractivity (Wildman–Crippen MR) is 60.2 cm³/mol. The SMILES string of the molecule is COC(=O)C1CCN(C(=O)c2ccnc(F)c2F)C1. The van der Waals surface area contributed by atoms with Crippen molar-refractivity contribution in [3.8, 4) is 0 Å². The average molecular weight is 270 g/mol. The maximum atomic E-state index is 13.5. The largest absolute Gasteiger partial charge is 0.469 e. The molecule has 1 aliphatic heterocycles. The Kier molecular flexibility index (Phi) is 3.73. The number of rotatable bonds is 2. The fourth-order valence-corrected chi connectivity index (χ4v) is 2.06. The van der Waals surface area contributed by atoms with Crippen molar-refractivity contribution in [2.75, 3.05) is 20.2 Å². The topological polar surface area (TPSA) is 59.5 Å². The molecule has 2 rings (SSSR count). The van der Waals surface area contributed by atoms with Gasteiger partial charge in [-0.15, -0.1) is 0 Å². The Balaban J connectivity index is 2.14. The minimum absolute atomic E-state index is 0.148. The van der Waals surface area contributed by atoms with Gasteiger partial charge in [-0.25, -0.2) is 9.37 Å². The molecule has 1 aromatic rings. The molecule has 0 N–H and O–H groups in total. The van der Waals surface area contributed by atoms with Gasteiger partial charge in [-0.05, 0) is 12.5 Å². The number of nitrogens with zero attached hydrogens (tertiary/aromatic N) is 2. The number of ether oxygens (including phenoxy) is 1. The van der Waals surface area contributed by atoms with E-state index in [0.29, 0.717) is 13.0 Å². The lowest BCUT2D eigenvalue weighted by Gasteiger charge is -2.16. The van der Waals surface area contributed by atoms with Crippen molar-refractivity contribution in [3.05, 3.63) is 29.6 Å². The van der Waals surface area contributed by atoms with Crippen LogP contribution >= 0.6 is 0 Å². The first-order valence-corrected chi connectivity index (χ1v) is 5.71. The third kappa shape index (κ3) is 2.54. The molecule has 1 unspecified atom stereocenters. The van der Waals surface area contributed by atoms with Crippen LogP contribution in [0.2, 0.25) is 0 Å². The third-order valence-corrected chi connectivity index (χ3v) is 3.09. The number of amides is 1. The van der Waals surface area contributed by atoms with E-state index in [2.05, 4.69) is 9.72 Å². The molecular weight excluding hydrogens is 258 g/mol. The Morgan fingerprint density at radius 2 is 2.21 bits per heavy atom. The third-order valence-electron chi connectivity index (χ3n) is 3.09. The van der Waals surface area contributed by atoms with Crippen LogP contribution < -0.4 is 0 Å². The van der Waals surface area contributed by atoms with Crippen LogP contribution in [0.4, 0.5) is 8.78 Å². The van der Waals surface area contributed by atoms with Crippen molar-refractivity contribution in [2.24, 2.45) is 5.92 Å². The lowest BCUT2D eigenvalue weighted by atomic mass is 10.1. The number of esters is 1. The van der Waals surface area contributed by atoms with Gasteiger partial charge in [-0.3, -0.25) is 9.59 Å². The minimum Gasteiger partial charge on any atom is -0.469 e. The zero-order valence-corrected chi connectivity index (χ0v) is 10.2. The van der Waals surface area contributed by atoms with Gasteiger partial charge in [0.1, 0.15) is 0 Å². The van der Waals surface area contributed by atoms with Crippen molar-refractivity contribution in [1.82, 2.24) is 9.88 Å². The number of methoxy groups -OCH3 is 1. The molecular formula is C12H12F2N2O3. The van der Waals surface area contributed by atoms with Gasteiger partial charge in [0, 0.05) is 19.3 Å². The molecule has 102 valence electrons. The Hall–Kier alpha value is -2.05. The molecule has 0 radical (unpaired) electrons. The Labute approximate surface area is 108 Å². The van der Waals surface area contributed by atoms with E-state index in [1.807, 2.05) is 0 Å². The number of aromatic nitrogens is 1. The summed E-state index contributed by atoms with van der Waals surface area (Å²) in [5.41, 5.74) is -0.377. The van der Waals surface area contributed by atoms with Gasteiger partial charge in [0.2, 0.25) is 5.95 Å². The van der Waals surface area contributed by atoms with Crippen molar-refractivity contribution in [2.45, 2.75) is 6.42 Å². The summed E-state index contributed by atoms with van der Waals surface area (Å²) in [6, 6.07) is 1.12. The molecule has 0 saturated carbocycles. The molecule has 0 aliphatic carbocycles. The van der Waals surface area contributed by atoms with Crippen molar-refractivity contribution in [1.29, 1.82) is 0 Å². The van der Waals surface area contributed by atoms with Crippen molar-refractivity contribution >= 4 is 11.9 Å². The first-order valence-electron chi connectivity index (χ1n) is 5.71. The quantitative estimate of drug-likeness (QED) is 0.594. The van der Waals surface area contributed by atoms with Gasteiger partial charge >= 0.3 is 5.97 Å². The Morgan fingerprint density at radius 3 is 2.89 bits per heavy atom. The van der Waals surface area contributed by atoms with E-state index in [-0.39, 0.29) is 12.1 Å². The predicted octanol–water partition coefficient (Wildman–Crippen LogP) is 0.995. The molecule has 1 fully saturated rings. The van der Waals surface area contributed by atoms with Crippen LogP contribution in [0.25, 0.3) is 0 Å². The first-order chi connectivity index (χ1) is 9.04. The van der Waals surface area contributed by atoms with E-state index in [0.717, 1.165) is 12.3 Å². The summed E-state index contributed by atoms with van der Waals surface area (Å²) in [5.74, 6) is -4.05. The standard InChI is InChI=1S/C12H12F2N2O3/c1-19-12(18)7-3-5-16(6-7)11(17)8-2-4-15-10(14)9(8)13/h2,4,7H,3,5-6H2,1H3. The number of halogens is 2. The molecule has 5 nitrogen and oxygen atoms in total. The molecule has 7 heteroatoms. The number of carbonyl (C=O) groups is 2. The minimum atomic E-state index is -1.31. The van der Waals surface area contributed by atoms with E-state index in [4.69, 9.17) is 0 Å². The highest BCUT2D eigenvalue weighted by Crippen LogP contribution is 2.21. The van der Waals surface area contributed by atoms with Gasteiger partial charge in [-0.1, -0.05) is 0 Å². The summed E-state index contributed by atoms with van der Waals surface area (Å²) < 4.78 is 31.0. The summed E-state index contributed by atoms with van der Waals surface area (Å²) in [7, 11) is 1.27. The molecule has 2 heterocycles. The van der Waals surface area contributed by atoms with Crippen LogP contribution in [0.3, 0.4) is 0 Å². The van der Waals surface area contributed by atoms with Gasteiger partial charge in [0.15, 0.2) is 5.82 Å². The maximum absolute atomic E-state index is 13.5. The Bertz CT molecular complexity index is 522. The van der Waals surface area contributed by atoms with Gasteiger partial charge in [0.25, 0.3) is 5.91 Å². The average Bonchev–Trinajstić information content (AvgIpc) is 2.90. The molecule has 0 bridgehead atoms. The van der Waals surface area contributed by atoms with Crippen molar-refractivity contribution < 1.29 is 23.1 Å². The maximum Gasteiger partial charge on any atom is 0.310 e. The summed E-state index contributed by atoms with van der Waals surface area (Å²) in [5, 5.41) is 0. The summed E-state index contributed by atoms with van der Waals surface area (Å²) >= 11 is 0. The van der Waals surface area contributed by atoms with E-state index < -0.39 is 29.6 Å². The number of hydrogen-bond acceptors (Lipinski definition) is 4. The van der Waals surface area contributed by atoms with Gasteiger partial charge in [0.05, 0.1) is 18.6 Å². The number of likely N-dealkylation sites (tertiary alicyclic amines) is 1. The molecule has 0 spiro atoms.